The average molecular weight is 207 g/mol. The van der Waals surface area contributed by atoms with Crippen LogP contribution in [0.1, 0.15) is 24.0 Å². The molecule has 0 aliphatic rings. The van der Waals surface area contributed by atoms with Crippen LogP contribution >= 0.6 is 11.6 Å². The highest BCUT2D eigenvalue weighted by atomic mass is 35.5. The van der Waals surface area contributed by atoms with Crippen LogP contribution in [0.4, 0.5) is 0 Å². The van der Waals surface area contributed by atoms with Crippen LogP contribution in [0.15, 0.2) is 25.0 Å². The first kappa shape index (κ1) is 10.7. The van der Waals surface area contributed by atoms with Crippen molar-refractivity contribution in [2.24, 2.45) is 0 Å². The van der Waals surface area contributed by atoms with Crippen LogP contribution in [0.2, 0.25) is 0 Å². The van der Waals surface area contributed by atoms with Gasteiger partial charge in [0.15, 0.2) is 0 Å². The Kier molecular flexibility index (Phi) is 4.15. The Balaban J connectivity index is 2.84. The van der Waals surface area contributed by atoms with Crippen LogP contribution in [0.5, 0.6) is 0 Å². The summed E-state index contributed by atoms with van der Waals surface area (Å²) in [5.74, 6) is 0.425. The molecular weight excluding hydrogens is 196 g/mol. The van der Waals surface area contributed by atoms with Gasteiger partial charge in [0.2, 0.25) is 0 Å². The van der Waals surface area contributed by atoms with Crippen LogP contribution in [-0.4, -0.2) is 4.98 Å². The van der Waals surface area contributed by atoms with Gasteiger partial charge in [-0.25, -0.2) is 0 Å². The number of rotatable bonds is 4. The highest BCUT2D eigenvalue weighted by Gasteiger charge is 2.04. The summed E-state index contributed by atoms with van der Waals surface area (Å²) >= 11 is 5.76. The van der Waals surface area contributed by atoms with Gasteiger partial charge in [0, 0.05) is 24.7 Å². The third-order valence-corrected chi connectivity index (χ3v) is 2.25. The minimum absolute atomic E-state index is 0.425. The van der Waals surface area contributed by atoms with E-state index in [1.54, 1.807) is 12.4 Å². The molecule has 1 rings (SSSR count). The molecule has 0 aromatic carbocycles. The largest absolute Gasteiger partial charge is 0.264 e. The van der Waals surface area contributed by atoms with E-state index in [1.807, 2.05) is 6.07 Å². The molecule has 0 fully saturated rings. The minimum Gasteiger partial charge on any atom is -0.264 e. The van der Waals surface area contributed by atoms with Crippen LogP contribution < -0.4 is 0 Å². The number of hydrogen-bond donors (Lipinski definition) is 0. The fourth-order valence-corrected chi connectivity index (χ4v) is 1.43. The van der Waals surface area contributed by atoms with E-state index in [0.29, 0.717) is 18.7 Å². The zero-order valence-corrected chi connectivity index (χ0v) is 8.59. The predicted octanol–water partition coefficient (Wildman–Crippen LogP) is 3.14. The second-order valence-electron chi connectivity index (χ2n) is 2.93. The third-order valence-electron chi connectivity index (χ3n) is 1.97. The second kappa shape index (κ2) is 5.41. The molecule has 3 heteroatoms. The monoisotopic (exact) mass is 206 g/mol. The number of hydrogen-bond acceptors (Lipinski definition) is 2. The smallest absolute Gasteiger partial charge is 0.0625 e. The van der Waals surface area contributed by atoms with Crippen molar-refractivity contribution in [3.63, 3.8) is 0 Å². The quantitative estimate of drug-likeness (QED) is 0.710. The number of nitrogens with zero attached hydrogens (tertiary/aromatic N) is 2. The van der Waals surface area contributed by atoms with Gasteiger partial charge in [-0.3, -0.25) is 4.98 Å². The lowest BCUT2D eigenvalue weighted by molar-refractivity contribution is 1.07. The summed E-state index contributed by atoms with van der Waals surface area (Å²) in [7, 11) is 0. The lowest BCUT2D eigenvalue weighted by Crippen LogP contribution is -1.91. The molecule has 0 atom stereocenters. The molecule has 0 saturated carbocycles. The lowest BCUT2D eigenvalue weighted by Gasteiger charge is -2.07. The van der Waals surface area contributed by atoms with E-state index in [-0.39, 0.29) is 0 Å². The fourth-order valence-electron chi connectivity index (χ4n) is 1.22. The second-order valence-corrected chi connectivity index (χ2v) is 3.20. The van der Waals surface area contributed by atoms with Gasteiger partial charge in [0.25, 0.3) is 0 Å². The molecule has 1 aromatic heterocycles. The Morgan fingerprint density at radius 1 is 1.64 bits per heavy atom. The van der Waals surface area contributed by atoms with E-state index in [0.717, 1.165) is 16.7 Å². The number of pyridine rings is 1. The topological polar surface area (TPSA) is 36.7 Å². The molecule has 0 saturated heterocycles. The molecule has 0 unspecified atom stereocenters. The fraction of sp³-hybridized carbons (Fsp3) is 0.273. The Labute approximate surface area is 88.8 Å². The van der Waals surface area contributed by atoms with Gasteiger partial charge in [-0.15, -0.1) is 11.6 Å². The number of halogens is 1. The zero-order valence-electron chi connectivity index (χ0n) is 7.83. The molecular formula is C11H11ClN2. The normalized spacial score (nSPS) is 9.43. The summed E-state index contributed by atoms with van der Waals surface area (Å²) in [5.41, 5.74) is 2.94. The first-order chi connectivity index (χ1) is 6.79. The molecule has 0 amide bonds. The van der Waals surface area contributed by atoms with Crippen LogP contribution in [0.25, 0.3) is 5.57 Å². The summed E-state index contributed by atoms with van der Waals surface area (Å²) < 4.78 is 0. The summed E-state index contributed by atoms with van der Waals surface area (Å²) in [6.45, 7) is 3.93. The van der Waals surface area contributed by atoms with Gasteiger partial charge in [0.1, 0.15) is 0 Å². The molecule has 0 bridgehead atoms. The molecule has 0 aliphatic carbocycles. The number of nitriles is 1. The molecule has 14 heavy (non-hydrogen) atoms. The van der Waals surface area contributed by atoms with Crippen molar-refractivity contribution in [3.8, 4) is 6.07 Å². The van der Waals surface area contributed by atoms with Crippen molar-refractivity contribution in [2.75, 3.05) is 0 Å². The summed E-state index contributed by atoms with van der Waals surface area (Å²) in [5, 5.41) is 8.46. The lowest BCUT2D eigenvalue weighted by atomic mass is 10.0. The maximum atomic E-state index is 8.46. The third kappa shape index (κ3) is 2.58. The van der Waals surface area contributed by atoms with Crippen molar-refractivity contribution in [1.82, 2.24) is 4.98 Å². The summed E-state index contributed by atoms with van der Waals surface area (Å²) in [4.78, 5) is 3.99. The van der Waals surface area contributed by atoms with Crippen molar-refractivity contribution in [3.05, 3.63) is 36.2 Å². The number of aromatic nitrogens is 1. The van der Waals surface area contributed by atoms with Gasteiger partial charge >= 0.3 is 0 Å². The summed E-state index contributed by atoms with van der Waals surface area (Å²) in [6.07, 6.45) is 4.62. The molecule has 1 heterocycles. The number of alkyl halides is 1. The Hall–Kier alpha value is -1.33. The van der Waals surface area contributed by atoms with E-state index >= 15 is 0 Å². The van der Waals surface area contributed by atoms with Gasteiger partial charge in [-0.05, 0) is 29.2 Å². The molecule has 1 aromatic rings. The van der Waals surface area contributed by atoms with Crippen LogP contribution in [0.3, 0.4) is 0 Å². The van der Waals surface area contributed by atoms with Gasteiger partial charge in [-0.2, -0.15) is 5.26 Å². The Morgan fingerprint density at radius 2 is 2.43 bits per heavy atom. The Morgan fingerprint density at radius 3 is 3.07 bits per heavy atom. The van der Waals surface area contributed by atoms with Crippen molar-refractivity contribution < 1.29 is 0 Å². The maximum Gasteiger partial charge on any atom is 0.0625 e. The van der Waals surface area contributed by atoms with Crippen molar-refractivity contribution in [2.45, 2.75) is 18.7 Å². The molecule has 0 radical (unpaired) electrons. The van der Waals surface area contributed by atoms with Crippen molar-refractivity contribution in [1.29, 1.82) is 5.26 Å². The van der Waals surface area contributed by atoms with E-state index in [9.17, 15) is 0 Å². The standard InChI is InChI=1S/C11H11ClN2/c1-9(3-2-5-13)11-4-6-14-8-10(11)7-12/h4,6,8H,1-3,7H2. The van der Waals surface area contributed by atoms with Gasteiger partial charge < -0.3 is 0 Å². The predicted molar refractivity (Wildman–Crippen MR) is 57.7 cm³/mol. The minimum atomic E-state index is 0.425. The first-order valence-electron chi connectivity index (χ1n) is 4.33. The van der Waals surface area contributed by atoms with E-state index in [4.69, 9.17) is 16.9 Å². The van der Waals surface area contributed by atoms with Crippen LogP contribution in [-0.2, 0) is 5.88 Å². The Bertz CT molecular complexity index is 366. The SMILES string of the molecule is C=C(CCC#N)c1ccncc1CCl. The van der Waals surface area contributed by atoms with E-state index in [1.165, 1.54) is 0 Å². The molecule has 0 aliphatic heterocycles. The first-order valence-corrected chi connectivity index (χ1v) is 4.87. The maximum absolute atomic E-state index is 8.46. The van der Waals surface area contributed by atoms with Crippen LogP contribution in [0, 0.1) is 11.3 Å². The zero-order chi connectivity index (χ0) is 10.4. The van der Waals surface area contributed by atoms with E-state index < -0.39 is 0 Å². The molecule has 72 valence electrons. The average Bonchev–Trinajstić information content (AvgIpc) is 2.25. The van der Waals surface area contributed by atoms with Gasteiger partial charge in [0.05, 0.1) is 6.07 Å². The van der Waals surface area contributed by atoms with Gasteiger partial charge in [-0.1, -0.05) is 6.58 Å². The summed E-state index contributed by atoms with van der Waals surface area (Å²) in [6, 6.07) is 3.98. The molecule has 2 nitrogen and oxygen atoms in total. The van der Waals surface area contributed by atoms with E-state index in [2.05, 4.69) is 17.6 Å². The number of allylic oxidation sites excluding steroid dienone is 1. The highest BCUT2D eigenvalue weighted by molar-refractivity contribution is 6.17. The highest BCUT2D eigenvalue weighted by Crippen LogP contribution is 2.21. The molecule has 0 N–H and O–H groups in total. The molecule has 0 spiro atoms. The van der Waals surface area contributed by atoms with Crippen molar-refractivity contribution >= 4 is 17.2 Å².